The van der Waals surface area contributed by atoms with Gasteiger partial charge in [-0.25, -0.2) is 0 Å². The molecule has 1 aromatic heterocycles. The molecule has 4 heteroatoms. The number of carboxylic acid groups (broad SMARTS) is 1. The van der Waals surface area contributed by atoms with Gasteiger partial charge in [-0.2, -0.15) is 0 Å². The third kappa shape index (κ3) is 1.95. The second kappa shape index (κ2) is 4.38. The zero-order chi connectivity index (χ0) is 13.3. The van der Waals surface area contributed by atoms with E-state index in [-0.39, 0.29) is 0 Å². The molecule has 0 bridgehead atoms. The standard InChI is InChI=1S/C14H15NO3/c1-14(2,13(17)18)12(16)11-8-15-7-9-5-3-4-6-10(9)11/h3-8,12,16H,1-2H3,(H,17,18). The van der Waals surface area contributed by atoms with Crippen LogP contribution in [0.1, 0.15) is 25.5 Å². The van der Waals surface area contributed by atoms with Crippen molar-refractivity contribution in [3.05, 3.63) is 42.2 Å². The van der Waals surface area contributed by atoms with E-state index in [2.05, 4.69) is 4.98 Å². The highest BCUT2D eigenvalue weighted by atomic mass is 16.4. The number of nitrogens with zero attached hydrogens (tertiary/aromatic N) is 1. The van der Waals surface area contributed by atoms with E-state index in [1.807, 2.05) is 24.3 Å². The number of carbonyl (C=O) groups is 1. The first-order valence-electron chi connectivity index (χ1n) is 5.68. The van der Waals surface area contributed by atoms with Gasteiger partial charge in [0.1, 0.15) is 0 Å². The van der Waals surface area contributed by atoms with Crippen LogP contribution in [0.4, 0.5) is 0 Å². The molecule has 1 aromatic carbocycles. The average molecular weight is 245 g/mol. The summed E-state index contributed by atoms with van der Waals surface area (Å²) in [4.78, 5) is 15.2. The van der Waals surface area contributed by atoms with Crippen LogP contribution in [0.5, 0.6) is 0 Å². The van der Waals surface area contributed by atoms with Crippen LogP contribution in [0, 0.1) is 5.41 Å². The van der Waals surface area contributed by atoms with Crippen molar-refractivity contribution in [2.24, 2.45) is 5.41 Å². The largest absolute Gasteiger partial charge is 0.481 e. The lowest BCUT2D eigenvalue weighted by molar-refractivity contribution is -0.153. The Morgan fingerprint density at radius 2 is 1.94 bits per heavy atom. The highest BCUT2D eigenvalue weighted by Crippen LogP contribution is 2.36. The SMILES string of the molecule is CC(C)(C(=O)O)C(O)c1cncc2ccccc12. The molecule has 1 heterocycles. The van der Waals surface area contributed by atoms with E-state index in [0.717, 1.165) is 10.8 Å². The van der Waals surface area contributed by atoms with Crippen LogP contribution in [0.2, 0.25) is 0 Å². The number of pyridine rings is 1. The van der Waals surface area contributed by atoms with Crippen molar-refractivity contribution in [3.8, 4) is 0 Å². The summed E-state index contributed by atoms with van der Waals surface area (Å²) in [5.41, 5.74) is -0.716. The Morgan fingerprint density at radius 3 is 2.61 bits per heavy atom. The summed E-state index contributed by atoms with van der Waals surface area (Å²) in [6, 6.07) is 7.47. The molecule has 2 rings (SSSR count). The molecule has 0 aliphatic heterocycles. The van der Waals surface area contributed by atoms with E-state index < -0.39 is 17.5 Å². The van der Waals surface area contributed by atoms with Crippen molar-refractivity contribution >= 4 is 16.7 Å². The van der Waals surface area contributed by atoms with E-state index in [0.29, 0.717) is 5.56 Å². The lowest BCUT2D eigenvalue weighted by atomic mass is 9.82. The predicted molar refractivity (Wildman–Crippen MR) is 68.1 cm³/mol. The van der Waals surface area contributed by atoms with Gasteiger partial charge >= 0.3 is 5.97 Å². The molecule has 1 atom stereocenters. The first-order chi connectivity index (χ1) is 8.44. The van der Waals surface area contributed by atoms with Crippen molar-refractivity contribution in [2.45, 2.75) is 20.0 Å². The Labute approximate surface area is 105 Å². The number of carboxylic acids is 1. The van der Waals surface area contributed by atoms with Gasteiger partial charge in [-0.1, -0.05) is 24.3 Å². The quantitative estimate of drug-likeness (QED) is 0.871. The van der Waals surface area contributed by atoms with E-state index in [4.69, 9.17) is 5.11 Å². The maximum Gasteiger partial charge on any atom is 0.312 e. The number of aliphatic hydroxyl groups excluding tert-OH is 1. The first-order valence-corrected chi connectivity index (χ1v) is 5.68. The van der Waals surface area contributed by atoms with Gasteiger partial charge in [-0.3, -0.25) is 9.78 Å². The van der Waals surface area contributed by atoms with Gasteiger partial charge in [-0.15, -0.1) is 0 Å². The summed E-state index contributed by atoms with van der Waals surface area (Å²) >= 11 is 0. The lowest BCUT2D eigenvalue weighted by Gasteiger charge is -2.26. The summed E-state index contributed by atoms with van der Waals surface area (Å²) in [7, 11) is 0. The van der Waals surface area contributed by atoms with Crippen molar-refractivity contribution in [3.63, 3.8) is 0 Å². The van der Waals surface area contributed by atoms with Crippen molar-refractivity contribution in [1.82, 2.24) is 4.98 Å². The molecule has 2 aromatic rings. The zero-order valence-electron chi connectivity index (χ0n) is 10.3. The van der Waals surface area contributed by atoms with Crippen LogP contribution in [-0.2, 0) is 4.79 Å². The van der Waals surface area contributed by atoms with Crippen molar-refractivity contribution in [2.75, 3.05) is 0 Å². The molecule has 94 valence electrons. The molecule has 0 aliphatic rings. The fourth-order valence-corrected chi connectivity index (χ4v) is 1.86. The maximum absolute atomic E-state index is 11.2. The minimum absolute atomic E-state index is 0.542. The number of benzene rings is 1. The molecule has 18 heavy (non-hydrogen) atoms. The van der Waals surface area contributed by atoms with Gasteiger partial charge in [-0.05, 0) is 19.2 Å². The molecule has 0 radical (unpaired) electrons. The van der Waals surface area contributed by atoms with E-state index in [9.17, 15) is 9.90 Å². The summed E-state index contributed by atoms with van der Waals surface area (Å²) < 4.78 is 0. The number of aromatic nitrogens is 1. The summed E-state index contributed by atoms with van der Waals surface area (Å²) in [5, 5.41) is 21.2. The highest BCUT2D eigenvalue weighted by Gasteiger charge is 2.37. The molecule has 0 aliphatic carbocycles. The van der Waals surface area contributed by atoms with Gasteiger partial charge in [0.05, 0.1) is 11.5 Å². The van der Waals surface area contributed by atoms with Crippen molar-refractivity contribution in [1.29, 1.82) is 0 Å². The normalized spacial score (nSPS) is 13.5. The van der Waals surface area contributed by atoms with Gasteiger partial charge in [0.2, 0.25) is 0 Å². The zero-order valence-corrected chi connectivity index (χ0v) is 10.3. The summed E-state index contributed by atoms with van der Waals surface area (Å²) in [6.45, 7) is 3.00. The second-order valence-corrected chi connectivity index (χ2v) is 4.88. The van der Waals surface area contributed by atoms with E-state index >= 15 is 0 Å². The number of hydrogen-bond donors (Lipinski definition) is 2. The average Bonchev–Trinajstić information content (AvgIpc) is 2.37. The topological polar surface area (TPSA) is 70.4 Å². The second-order valence-electron chi connectivity index (χ2n) is 4.88. The number of aliphatic hydroxyl groups is 1. The van der Waals surface area contributed by atoms with Crippen LogP contribution in [0.25, 0.3) is 10.8 Å². The smallest absolute Gasteiger partial charge is 0.312 e. The Kier molecular flexibility index (Phi) is 3.05. The van der Waals surface area contributed by atoms with E-state index in [1.54, 1.807) is 6.20 Å². The van der Waals surface area contributed by atoms with Crippen molar-refractivity contribution < 1.29 is 15.0 Å². The molecular weight excluding hydrogens is 230 g/mol. The Hall–Kier alpha value is -1.94. The molecule has 0 amide bonds. The minimum Gasteiger partial charge on any atom is -0.481 e. The van der Waals surface area contributed by atoms with Crippen LogP contribution < -0.4 is 0 Å². The molecule has 0 saturated carbocycles. The monoisotopic (exact) mass is 245 g/mol. The lowest BCUT2D eigenvalue weighted by Crippen LogP contribution is -2.31. The summed E-state index contributed by atoms with van der Waals surface area (Å²) in [6.07, 6.45) is 2.12. The minimum atomic E-state index is -1.26. The molecule has 1 unspecified atom stereocenters. The maximum atomic E-state index is 11.2. The van der Waals surface area contributed by atoms with Crippen LogP contribution in [-0.4, -0.2) is 21.2 Å². The Balaban J connectivity index is 2.58. The molecule has 4 nitrogen and oxygen atoms in total. The summed E-state index contributed by atoms with van der Waals surface area (Å²) in [5.74, 6) is -1.04. The molecule has 0 spiro atoms. The Bertz CT molecular complexity index is 587. The van der Waals surface area contributed by atoms with Crippen LogP contribution >= 0.6 is 0 Å². The molecule has 2 N–H and O–H groups in total. The van der Waals surface area contributed by atoms with Crippen LogP contribution in [0.15, 0.2) is 36.7 Å². The van der Waals surface area contributed by atoms with Gasteiger partial charge < -0.3 is 10.2 Å². The third-order valence-electron chi connectivity index (χ3n) is 3.23. The number of fused-ring (bicyclic) bond motifs is 1. The highest BCUT2D eigenvalue weighted by molar-refractivity contribution is 5.86. The fraction of sp³-hybridized carbons (Fsp3) is 0.286. The van der Waals surface area contributed by atoms with Gasteiger partial charge in [0, 0.05) is 23.3 Å². The number of rotatable bonds is 3. The number of aliphatic carboxylic acids is 1. The predicted octanol–water partition coefficient (Wildman–Crippen LogP) is 2.38. The first kappa shape index (κ1) is 12.5. The fourth-order valence-electron chi connectivity index (χ4n) is 1.86. The van der Waals surface area contributed by atoms with Gasteiger partial charge in [0.15, 0.2) is 0 Å². The van der Waals surface area contributed by atoms with E-state index in [1.165, 1.54) is 20.0 Å². The molecule has 0 fully saturated rings. The molecular formula is C14H15NO3. The van der Waals surface area contributed by atoms with Crippen LogP contribution in [0.3, 0.4) is 0 Å². The van der Waals surface area contributed by atoms with Gasteiger partial charge in [0.25, 0.3) is 0 Å². The Morgan fingerprint density at radius 1 is 1.28 bits per heavy atom. The third-order valence-corrected chi connectivity index (χ3v) is 3.23. The number of hydrogen-bond acceptors (Lipinski definition) is 3. The molecule has 0 saturated heterocycles.